The van der Waals surface area contributed by atoms with Crippen molar-refractivity contribution in [3.8, 4) is 0 Å². The van der Waals surface area contributed by atoms with Crippen molar-refractivity contribution in [3.05, 3.63) is 66.0 Å². The quantitative estimate of drug-likeness (QED) is 0.774. The molecule has 0 aliphatic carbocycles. The fraction of sp³-hybridized carbons (Fsp3) is 0.278. The van der Waals surface area contributed by atoms with Crippen LogP contribution in [0.4, 0.5) is 4.39 Å². The molecule has 0 radical (unpaired) electrons. The summed E-state index contributed by atoms with van der Waals surface area (Å²) < 4.78 is 13.5. The number of hydrogen-bond acceptors (Lipinski definition) is 2. The van der Waals surface area contributed by atoms with Gasteiger partial charge in [-0.3, -0.25) is 4.79 Å². The number of rotatable bonds is 7. The maximum absolute atomic E-state index is 13.5. The first-order chi connectivity index (χ1) is 10.7. The highest BCUT2D eigenvalue weighted by Crippen LogP contribution is 2.21. The molecule has 2 aromatic rings. The molecule has 1 N–H and O–H groups in total. The maximum Gasteiger partial charge on any atom is 0.230 e. The third-order valence-electron chi connectivity index (χ3n) is 3.50. The lowest BCUT2D eigenvalue weighted by atomic mass is 9.96. The number of carbonyl (C=O) groups excluding carboxylic acids is 1. The highest BCUT2D eigenvalue weighted by atomic mass is 32.2. The summed E-state index contributed by atoms with van der Waals surface area (Å²) in [4.78, 5) is 12.4. The second-order valence-electron chi connectivity index (χ2n) is 5.04. The highest BCUT2D eigenvalue weighted by Gasteiger charge is 2.11. The number of nitrogens with one attached hydrogen (secondary N) is 1. The molecule has 2 aromatic carbocycles. The van der Waals surface area contributed by atoms with Crippen molar-refractivity contribution in [2.45, 2.75) is 24.2 Å². The number of benzene rings is 2. The molecule has 0 aliphatic rings. The first kappa shape index (κ1) is 16.6. The van der Waals surface area contributed by atoms with Crippen LogP contribution in [-0.2, 0) is 4.79 Å². The molecule has 0 aliphatic heterocycles. The van der Waals surface area contributed by atoms with Crippen molar-refractivity contribution in [1.29, 1.82) is 0 Å². The number of halogens is 1. The average molecular weight is 317 g/mol. The summed E-state index contributed by atoms with van der Waals surface area (Å²) in [6.45, 7) is 2.72. The van der Waals surface area contributed by atoms with Crippen LogP contribution in [0, 0.1) is 5.82 Å². The lowest BCUT2D eigenvalue weighted by molar-refractivity contribution is -0.118. The van der Waals surface area contributed by atoms with Crippen LogP contribution in [0.3, 0.4) is 0 Å². The molecule has 0 spiro atoms. The lowest BCUT2D eigenvalue weighted by Gasteiger charge is -2.16. The van der Waals surface area contributed by atoms with Crippen molar-refractivity contribution < 1.29 is 9.18 Å². The molecule has 0 bridgehead atoms. The van der Waals surface area contributed by atoms with Crippen LogP contribution in [-0.4, -0.2) is 18.2 Å². The summed E-state index contributed by atoms with van der Waals surface area (Å²) in [5.74, 6) is 0.189. The van der Waals surface area contributed by atoms with Gasteiger partial charge >= 0.3 is 0 Å². The van der Waals surface area contributed by atoms with Crippen LogP contribution in [0.2, 0.25) is 0 Å². The summed E-state index contributed by atoms with van der Waals surface area (Å²) in [5.41, 5.74) is 1.23. The zero-order valence-electron chi connectivity index (χ0n) is 12.6. The molecular weight excluding hydrogens is 297 g/mol. The van der Waals surface area contributed by atoms with Crippen LogP contribution >= 0.6 is 11.8 Å². The number of amides is 1. The van der Waals surface area contributed by atoms with Gasteiger partial charge < -0.3 is 5.32 Å². The summed E-state index contributed by atoms with van der Waals surface area (Å²) in [7, 11) is 0. The summed E-state index contributed by atoms with van der Waals surface area (Å²) in [6, 6.07) is 16.7. The Morgan fingerprint density at radius 3 is 2.50 bits per heavy atom. The molecule has 22 heavy (non-hydrogen) atoms. The summed E-state index contributed by atoms with van der Waals surface area (Å²) in [5, 5.41) is 2.94. The van der Waals surface area contributed by atoms with Crippen LogP contribution in [0.1, 0.15) is 24.8 Å². The van der Waals surface area contributed by atoms with Gasteiger partial charge in [0.05, 0.1) is 5.75 Å². The SMILES string of the molecule is CCC(CNC(=O)CSc1ccccc1F)c1ccccc1. The molecule has 1 atom stereocenters. The molecule has 0 saturated carbocycles. The van der Waals surface area contributed by atoms with E-state index in [2.05, 4.69) is 24.4 Å². The van der Waals surface area contributed by atoms with Gasteiger partial charge in [0.15, 0.2) is 0 Å². The molecular formula is C18H20FNOS. The van der Waals surface area contributed by atoms with E-state index in [4.69, 9.17) is 0 Å². The molecule has 1 unspecified atom stereocenters. The van der Waals surface area contributed by atoms with Gasteiger partial charge in [-0.2, -0.15) is 0 Å². The predicted octanol–water partition coefficient (Wildman–Crippen LogP) is 4.23. The summed E-state index contributed by atoms with van der Waals surface area (Å²) in [6.07, 6.45) is 0.963. The Labute approximate surface area is 135 Å². The van der Waals surface area contributed by atoms with Crippen LogP contribution < -0.4 is 5.32 Å². The molecule has 1 amide bonds. The molecule has 0 aromatic heterocycles. The van der Waals surface area contributed by atoms with E-state index < -0.39 is 0 Å². The number of carbonyl (C=O) groups is 1. The smallest absolute Gasteiger partial charge is 0.230 e. The zero-order chi connectivity index (χ0) is 15.8. The lowest BCUT2D eigenvalue weighted by Crippen LogP contribution is -2.29. The standard InChI is InChI=1S/C18H20FNOS/c1-2-14(15-8-4-3-5-9-15)12-20-18(21)13-22-17-11-7-6-10-16(17)19/h3-11,14H,2,12-13H2,1H3,(H,20,21). The van der Waals surface area contributed by atoms with E-state index in [0.29, 0.717) is 17.4 Å². The molecule has 0 heterocycles. The topological polar surface area (TPSA) is 29.1 Å². The molecule has 2 rings (SSSR count). The average Bonchev–Trinajstić information content (AvgIpc) is 2.55. The molecule has 2 nitrogen and oxygen atoms in total. The Balaban J connectivity index is 1.81. The first-order valence-corrected chi connectivity index (χ1v) is 8.38. The molecule has 0 fully saturated rings. The van der Waals surface area contributed by atoms with Crippen molar-refractivity contribution >= 4 is 17.7 Å². The third kappa shape index (κ3) is 4.88. The van der Waals surface area contributed by atoms with E-state index >= 15 is 0 Å². The van der Waals surface area contributed by atoms with E-state index in [-0.39, 0.29) is 17.5 Å². The third-order valence-corrected chi connectivity index (χ3v) is 4.55. The summed E-state index contributed by atoms with van der Waals surface area (Å²) >= 11 is 1.22. The van der Waals surface area contributed by atoms with Crippen molar-refractivity contribution in [1.82, 2.24) is 5.32 Å². The van der Waals surface area contributed by atoms with Gasteiger partial charge in [-0.15, -0.1) is 11.8 Å². The van der Waals surface area contributed by atoms with Gasteiger partial charge in [0, 0.05) is 17.4 Å². The normalized spacial score (nSPS) is 11.9. The second kappa shape index (κ2) is 8.59. The van der Waals surface area contributed by atoms with Gasteiger partial charge in [-0.25, -0.2) is 4.39 Å². The second-order valence-corrected chi connectivity index (χ2v) is 6.06. The fourth-order valence-corrected chi connectivity index (χ4v) is 2.99. The molecule has 4 heteroatoms. The largest absolute Gasteiger partial charge is 0.355 e. The minimum atomic E-state index is -0.281. The number of hydrogen-bond donors (Lipinski definition) is 1. The van der Waals surface area contributed by atoms with E-state index in [1.54, 1.807) is 18.2 Å². The van der Waals surface area contributed by atoms with Crippen LogP contribution in [0.5, 0.6) is 0 Å². The Morgan fingerprint density at radius 1 is 1.14 bits per heavy atom. The predicted molar refractivity (Wildman–Crippen MR) is 89.6 cm³/mol. The number of thioether (sulfide) groups is 1. The van der Waals surface area contributed by atoms with E-state index in [9.17, 15) is 9.18 Å². The zero-order valence-corrected chi connectivity index (χ0v) is 13.4. The molecule has 0 saturated heterocycles. The Bertz CT molecular complexity index is 603. The van der Waals surface area contributed by atoms with Crippen molar-refractivity contribution in [2.75, 3.05) is 12.3 Å². The Kier molecular flexibility index (Phi) is 6.46. The maximum atomic E-state index is 13.5. The fourth-order valence-electron chi connectivity index (χ4n) is 2.22. The van der Waals surface area contributed by atoms with E-state index in [0.717, 1.165) is 6.42 Å². The van der Waals surface area contributed by atoms with Crippen molar-refractivity contribution in [3.63, 3.8) is 0 Å². The minimum Gasteiger partial charge on any atom is -0.355 e. The van der Waals surface area contributed by atoms with Gasteiger partial charge in [0.2, 0.25) is 5.91 Å². The van der Waals surface area contributed by atoms with Gasteiger partial charge in [0.25, 0.3) is 0 Å². The van der Waals surface area contributed by atoms with Crippen LogP contribution in [0.25, 0.3) is 0 Å². The van der Waals surface area contributed by atoms with E-state index in [1.807, 2.05) is 18.2 Å². The minimum absolute atomic E-state index is 0.0670. The van der Waals surface area contributed by atoms with Gasteiger partial charge in [-0.05, 0) is 24.1 Å². The van der Waals surface area contributed by atoms with Crippen molar-refractivity contribution in [2.24, 2.45) is 0 Å². The Hall–Kier alpha value is -1.81. The first-order valence-electron chi connectivity index (χ1n) is 7.39. The van der Waals surface area contributed by atoms with Gasteiger partial charge in [0.1, 0.15) is 5.82 Å². The highest BCUT2D eigenvalue weighted by molar-refractivity contribution is 8.00. The monoisotopic (exact) mass is 317 g/mol. The van der Waals surface area contributed by atoms with E-state index in [1.165, 1.54) is 23.4 Å². The van der Waals surface area contributed by atoms with Gasteiger partial charge in [-0.1, -0.05) is 49.4 Å². The molecule has 116 valence electrons. The Morgan fingerprint density at radius 2 is 1.82 bits per heavy atom. The van der Waals surface area contributed by atoms with Crippen LogP contribution in [0.15, 0.2) is 59.5 Å².